The van der Waals surface area contributed by atoms with Crippen LogP contribution < -0.4 is 0 Å². The minimum absolute atomic E-state index is 0.0375. The number of aromatic hydroxyl groups is 15. The Morgan fingerprint density at radius 3 is 1.13 bits per heavy atom. The third-order valence-electron chi connectivity index (χ3n) is 9.29. The molecule has 16 heteroatoms. The maximum absolute atomic E-state index is 11.6. The molecule has 0 saturated carbocycles. The van der Waals surface area contributed by atoms with Gasteiger partial charge in [0.15, 0.2) is 46.0 Å². The molecule has 0 atom stereocenters. The normalized spacial score (nSPS) is 11.8. The molecular formula is C36H22O16. The van der Waals surface area contributed by atoms with Crippen LogP contribution in [0.25, 0.3) is 76.5 Å². The fourth-order valence-electron chi connectivity index (χ4n) is 6.97. The lowest BCUT2D eigenvalue weighted by atomic mass is 9.81. The summed E-state index contributed by atoms with van der Waals surface area (Å²) in [6, 6.07) is 11.3. The molecule has 8 rings (SSSR count). The molecule has 0 unspecified atom stereocenters. The monoisotopic (exact) mass is 710 g/mol. The van der Waals surface area contributed by atoms with Crippen LogP contribution in [0.15, 0.2) is 46.9 Å². The number of phenols is 15. The molecule has 0 radical (unpaired) electrons. The van der Waals surface area contributed by atoms with Crippen LogP contribution in [0.2, 0.25) is 0 Å². The van der Waals surface area contributed by atoms with Gasteiger partial charge in [0, 0.05) is 60.0 Å². The number of benzene rings is 7. The van der Waals surface area contributed by atoms with E-state index in [2.05, 4.69) is 0 Å². The SMILES string of the molecule is Oc1c(O)c(O)c2c(-c3c4c(O)c(O)c(O)c(O)c4c(-c4cccc5c4oc4ccccc45)c4c(O)c(O)c(O)c(O)c34)c(O)c(O)c(O)c2c1O. The first kappa shape index (κ1) is 31.4. The standard InChI is InChI=1S/C36H22O16/c37-21-14-12(10-6-3-5-9-8-4-1-2-7-11(8)52-36(9)10)15-17(25(41)33(49)31(47)22(15)38)13(16(14)24(40)32(48)30(21)46)18-19-20(27(43)29(45)23(18)39)28(44)35(51)34(50)26(19)42/h1-7,37-51H. The molecule has 8 aromatic rings. The van der Waals surface area contributed by atoms with Gasteiger partial charge in [0.05, 0.1) is 5.39 Å². The summed E-state index contributed by atoms with van der Waals surface area (Å²) in [4.78, 5) is 0. The van der Waals surface area contributed by atoms with Gasteiger partial charge in [-0.15, -0.1) is 0 Å². The first-order valence-corrected chi connectivity index (χ1v) is 14.8. The molecule has 52 heavy (non-hydrogen) atoms. The fourth-order valence-corrected chi connectivity index (χ4v) is 6.97. The number of hydrogen-bond donors (Lipinski definition) is 15. The number of para-hydroxylation sites is 2. The van der Waals surface area contributed by atoms with Crippen LogP contribution in [0.5, 0.6) is 86.2 Å². The predicted octanol–water partition coefficient (Wildman–Crippen LogP) is 5.96. The number of fused-ring (bicyclic) bond motifs is 6. The highest BCUT2D eigenvalue weighted by Crippen LogP contribution is 2.66. The molecule has 15 N–H and O–H groups in total. The van der Waals surface area contributed by atoms with Crippen molar-refractivity contribution in [3.05, 3.63) is 42.5 Å². The van der Waals surface area contributed by atoms with E-state index in [1.165, 1.54) is 12.1 Å². The summed E-state index contributed by atoms with van der Waals surface area (Å²) in [5, 5.41) is 161. The summed E-state index contributed by atoms with van der Waals surface area (Å²) in [6.45, 7) is 0. The molecule has 0 saturated heterocycles. The lowest BCUT2D eigenvalue weighted by molar-refractivity contribution is 0.347. The van der Waals surface area contributed by atoms with Crippen molar-refractivity contribution >= 4 is 54.3 Å². The topological polar surface area (TPSA) is 317 Å². The Labute approximate surface area is 286 Å². The van der Waals surface area contributed by atoms with E-state index >= 15 is 0 Å². The van der Waals surface area contributed by atoms with Gasteiger partial charge in [0.25, 0.3) is 0 Å². The van der Waals surface area contributed by atoms with Crippen LogP contribution in [0.4, 0.5) is 0 Å². The van der Waals surface area contributed by atoms with Crippen molar-refractivity contribution in [2.24, 2.45) is 0 Å². The van der Waals surface area contributed by atoms with E-state index in [1.54, 1.807) is 30.3 Å². The van der Waals surface area contributed by atoms with Crippen molar-refractivity contribution in [3.63, 3.8) is 0 Å². The second kappa shape index (κ2) is 10.1. The van der Waals surface area contributed by atoms with Gasteiger partial charge in [-0.3, -0.25) is 0 Å². The second-order valence-corrected chi connectivity index (χ2v) is 11.9. The van der Waals surface area contributed by atoms with Crippen molar-refractivity contribution in [3.8, 4) is 108 Å². The zero-order chi connectivity index (χ0) is 37.4. The van der Waals surface area contributed by atoms with Crippen molar-refractivity contribution in [2.45, 2.75) is 0 Å². The molecule has 0 amide bonds. The molecule has 1 aromatic heterocycles. The van der Waals surface area contributed by atoms with Gasteiger partial charge in [0.2, 0.25) is 40.2 Å². The molecule has 0 aliphatic heterocycles. The zero-order valence-electron chi connectivity index (χ0n) is 25.7. The zero-order valence-corrected chi connectivity index (χ0v) is 25.7. The highest BCUT2D eigenvalue weighted by Gasteiger charge is 2.37. The number of rotatable bonds is 2. The molecule has 0 aliphatic carbocycles. The van der Waals surface area contributed by atoms with Crippen LogP contribution >= 0.6 is 0 Å². The van der Waals surface area contributed by atoms with Gasteiger partial charge in [-0.1, -0.05) is 36.4 Å². The van der Waals surface area contributed by atoms with Crippen molar-refractivity contribution < 1.29 is 81.0 Å². The van der Waals surface area contributed by atoms with E-state index in [0.717, 1.165) is 0 Å². The van der Waals surface area contributed by atoms with E-state index < -0.39 is 135 Å². The molecule has 0 fully saturated rings. The quantitative estimate of drug-likeness (QED) is 0.0558. The smallest absolute Gasteiger partial charge is 0.205 e. The van der Waals surface area contributed by atoms with Crippen molar-refractivity contribution in [1.82, 2.24) is 0 Å². The molecular weight excluding hydrogens is 688 g/mol. The van der Waals surface area contributed by atoms with Crippen LogP contribution in [0, 0.1) is 0 Å². The van der Waals surface area contributed by atoms with Gasteiger partial charge in [-0.25, -0.2) is 0 Å². The molecule has 0 bridgehead atoms. The van der Waals surface area contributed by atoms with E-state index in [-0.39, 0.29) is 11.1 Å². The summed E-state index contributed by atoms with van der Waals surface area (Å²) in [5.74, 6) is -20.6. The second-order valence-electron chi connectivity index (χ2n) is 11.9. The third-order valence-corrected chi connectivity index (χ3v) is 9.29. The van der Waals surface area contributed by atoms with E-state index in [4.69, 9.17) is 4.42 Å². The lowest BCUT2D eigenvalue weighted by Gasteiger charge is -2.24. The largest absolute Gasteiger partial charge is 0.504 e. The molecule has 7 aromatic carbocycles. The van der Waals surface area contributed by atoms with Crippen molar-refractivity contribution in [1.29, 1.82) is 0 Å². The summed E-state index contributed by atoms with van der Waals surface area (Å²) in [7, 11) is 0. The Bertz CT molecular complexity index is 2870. The van der Waals surface area contributed by atoms with E-state index in [9.17, 15) is 76.6 Å². The lowest BCUT2D eigenvalue weighted by Crippen LogP contribution is -1.96. The van der Waals surface area contributed by atoms with Crippen LogP contribution in [0.3, 0.4) is 0 Å². The Kier molecular flexibility index (Phi) is 6.08. The maximum atomic E-state index is 11.6. The van der Waals surface area contributed by atoms with Gasteiger partial charge in [-0.2, -0.15) is 0 Å². The Morgan fingerprint density at radius 1 is 0.288 bits per heavy atom. The minimum atomic E-state index is -1.47. The number of hydrogen-bond acceptors (Lipinski definition) is 16. The van der Waals surface area contributed by atoms with Gasteiger partial charge in [-0.05, 0) is 6.07 Å². The van der Waals surface area contributed by atoms with Gasteiger partial charge < -0.3 is 81.0 Å². The third kappa shape index (κ3) is 3.58. The summed E-state index contributed by atoms with van der Waals surface area (Å²) in [5.41, 5.74) is -2.14. The summed E-state index contributed by atoms with van der Waals surface area (Å²) >= 11 is 0. The number of furan rings is 1. The Hall–Kier alpha value is -7.88. The number of phenolic OH excluding ortho intramolecular Hbond substituents is 15. The summed E-state index contributed by atoms with van der Waals surface area (Å²) in [6.07, 6.45) is 0. The molecule has 262 valence electrons. The predicted molar refractivity (Wildman–Crippen MR) is 182 cm³/mol. The average molecular weight is 711 g/mol. The minimum Gasteiger partial charge on any atom is -0.504 e. The van der Waals surface area contributed by atoms with Crippen molar-refractivity contribution in [2.75, 3.05) is 0 Å². The van der Waals surface area contributed by atoms with Crippen LogP contribution in [-0.2, 0) is 0 Å². The van der Waals surface area contributed by atoms with E-state index in [1.807, 2.05) is 0 Å². The first-order valence-electron chi connectivity index (χ1n) is 14.8. The maximum Gasteiger partial charge on any atom is 0.205 e. The van der Waals surface area contributed by atoms with Gasteiger partial charge >= 0.3 is 0 Å². The molecule has 16 nitrogen and oxygen atoms in total. The highest BCUT2D eigenvalue weighted by atomic mass is 16.4. The molecule has 0 aliphatic rings. The first-order chi connectivity index (χ1) is 24.6. The van der Waals surface area contributed by atoms with E-state index in [0.29, 0.717) is 16.4 Å². The van der Waals surface area contributed by atoms with Crippen LogP contribution in [-0.4, -0.2) is 76.6 Å². The molecule has 1 heterocycles. The van der Waals surface area contributed by atoms with Crippen LogP contribution in [0.1, 0.15) is 0 Å². The Morgan fingerprint density at radius 2 is 0.654 bits per heavy atom. The van der Waals surface area contributed by atoms with Gasteiger partial charge in [0.1, 0.15) is 11.2 Å². The highest BCUT2D eigenvalue weighted by molar-refractivity contribution is 6.33. The fraction of sp³-hybridized carbons (Fsp3) is 0. The summed E-state index contributed by atoms with van der Waals surface area (Å²) < 4.78 is 6.13. The molecule has 0 spiro atoms. The average Bonchev–Trinajstić information content (AvgIpc) is 3.53. The Balaban J connectivity index is 1.78.